The van der Waals surface area contributed by atoms with Gasteiger partial charge in [-0.1, -0.05) is 0 Å². The van der Waals surface area contributed by atoms with Gasteiger partial charge in [-0.25, -0.2) is 4.99 Å². The van der Waals surface area contributed by atoms with Gasteiger partial charge >= 0.3 is 7.12 Å². The molecule has 1 N–H and O–H groups in total. The van der Waals surface area contributed by atoms with E-state index in [0.717, 1.165) is 0 Å². The van der Waals surface area contributed by atoms with Crippen molar-refractivity contribution in [3.63, 3.8) is 0 Å². The Morgan fingerprint density at radius 1 is 1.54 bits per heavy atom. The molecule has 0 radical (unpaired) electrons. The van der Waals surface area contributed by atoms with E-state index in [-0.39, 0.29) is 0 Å². The average molecular weight is 177 g/mol. The zero-order chi connectivity index (χ0) is 9.26. The van der Waals surface area contributed by atoms with Crippen molar-refractivity contribution in [1.29, 1.82) is 0 Å². The maximum absolute atomic E-state index is 9.41. The first-order valence-electron chi connectivity index (χ1n) is 3.85. The first-order valence-corrected chi connectivity index (χ1v) is 3.85. The highest BCUT2D eigenvalue weighted by atomic mass is 16.5. The number of benzene rings is 1. The summed E-state index contributed by atoms with van der Waals surface area (Å²) in [5, 5.41) is 9.41. The van der Waals surface area contributed by atoms with E-state index in [1.807, 2.05) is 0 Å². The van der Waals surface area contributed by atoms with Crippen LogP contribution >= 0.6 is 0 Å². The van der Waals surface area contributed by atoms with E-state index in [0.29, 0.717) is 16.9 Å². The third-order valence-electron chi connectivity index (χ3n) is 1.88. The molecule has 0 unspecified atom stereocenters. The maximum Gasteiger partial charge on any atom is 0.563 e. The minimum absolute atomic E-state index is 0.627. The average Bonchev–Trinajstić information content (AvgIpc) is 2.18. The Morgan fingerprint density at radius 2 is 2.38 bits per heavy atom. The summed E-state index contributed by atoms with van der Waals surface area (Å²) in [4.78, 5) is 3.96. The third kappa shape index (κ3) is 1.38. The van der Waals surface area contributed by atoms with Crippen molar-refractivity contribution in [2.45, 2.75) is 0 Å². The highest BCUT2D eigenvalue weighted by molar-refractivity contribution is 6.63. The van der Waals surface area contributed by atoms with Gasteiger partial charge in [0, 0.05) is 5.46 Å². The molecular weight excluding hydrogens is 169 g/mol. The lowest BCUT2D eigenvalue weighted by molar-refractivity contribution is 0.413. The van der Waals surface area contributed by atoms with E-state index in [2.05, 4.69) is 4.99 Å². The van der Waals surface area contributed by atoms with Crippen LogP contribution in [-0.2, 0) is 4.65 Å². The zero-order valence-corrected chi connectivity index (χ0v) is 7.10. The summed E-state index contributed by atoms with van der Waals surface area (Å²) in [7, 11) is 0.628. The summed E-state index contributed by atoms with van der Waals surface area (Å²) in [5.41, 5.74) is 1.33. The Labute approximate surface area is 76.0 Å². The van der Waals surface area contributed by atoms with E-state index >= 15 is 0 Å². The van der Waals surface area contributed by atoms with E-state index in [1.54, 1.807) is 25.3 Å². The lowest BCUT2D eigenvalue weighted by Gasteiger charge is -2.13. The molecule has 0 saturated carbocycles. The van der Waals surface area contributed by atoms with Crippen LogP contribution in [0.25, 0.3) is 0 Å². The molecule has 1 aromatic rings. The van der Waals surface area contributed by atoms with Gasteiger partial charge in [-0.2, -0.15) is 0 Å². The lowest BCUT2D eigenvalue weighted by atomic mass is 9.77. The molecule has 0 aliphatic carbocycles. The van der Waals surface area contributed by atoms with Crippen LogP contribution in [0.2, 0.25) is 0 Å². The number of hydrogen-bond donors (Lipinski definition) is 1. The van der Waals surface area contributed by atoms with Gasteiger partial charge in [0.05, 0.1) is 12.8 Å². The second-order valence-corrected chi connectivity index (χ2v) is 2.65. The van der Waals surface area contributed by atoms with Gasteiger partial charge in [0.1, 0.15) is 5.75 Å². The van der Waals surface area contributed by atoms with Gasteiger partial charge in [-0.3, -0.25) is 0 Å². The molecule has 0 fully saturated rings. The second kappa shape index (κ2) is 3.10. The number of hydrogen-bond acceptors (Lipinski definition) is 4. The summed E-state index contributed by atoms with van der Waals surface area (Å²) in [6.07, 6.45) is 1.24. The van der Waals surface area contributed by atoms with Gasteiger partial charge in [0.15, 0.2) is 6.40 Å². The normalized spacial score (nSPS) is 13.5. The number of aliphatic imine (C=N–C) groups is 1. The first kappa shape index (κ1) is 8.13. The molecule has 1 aliphatic rings. The van der Waals surface area contributed by atoms with Crippen molar-refractivity contribution in [3.05, 3.63) is 18.2 Å². The molecule has 1 aliphatic heterocycles. The molecule has 0 amide bonds. The third-order valence-corrected chi connectivity index (χ3v) is 1.88. The molecule has 0 bridgehead atoms. The maximum atomic E-state index is 9.41. The van der Waals surface area contributed by atoms with Gasteiger partial charge in [0.2, 0.25) is 0 Å². The molecule has 0 saturated heterocycles. The molecule has 0 atom stereocenters. The number of methoxy groups -OCH3 is 1. The SMILES string of the molecule is COc1ccc2c(c1)B(O)OC=N2. The predicted octanol–water partition coefficient (Wildman–Crippen LogP) is 0.0727. The van der Waals surface area contributed by atoms with Gasteiger partial charge in [-0.15, -0.1) is 0 Å². The Balaban J connectivity index is 2.48. The first-order chi connectivity index (χ1) is 6.31. The second-order valence-electron chi connectivity index (χ2n) is 2.65. The predicted molar refractivity (Wildman–Crippen MR) is 49.8 cm³/mol. The Morgan fingerprint density at radius 3 is 3.15 bits per heavy atom. The molecule has 2 rings (SSSR count). The van der Waals surface area contributed by atoms with Gasteiger partial charge in [0.25, 0.3) is 0 Å². The molecule has 13 heavy (non-hydrogen) atoms. The number of ether oxygens (including phenoxy) is 1. The van der Waals surface area contributed by atoms with Crippen molar-refractivity contribution in [2.24, 2.45) is 4.99 Å². The molecule has 66 valence electrons. The van der Waals surface area contributed by atoms with Crippen LogP contribution in [0.1, 0.15) is 0 Å². The summed E-state index contributed by atoms with van der Waals surface area (Å²) in [5.74, 6) is 0.679. The molecule has 1 aromatic carbocycles. The van der Waals surface area contributed by atoms with Gasteiger partial charge < -0.3 is 14.4 Å². The number of fused-ring (bicyclic) bond motifs is 1. The van der Waals surface area contributed by atoms with Crippen LogP contribution in [0.4, 0.5) is 5.69 Å². The fourth-order valence-electron chi connectivity index (χ4n) is 1.19. The summed E-state index contributed by atoms with van der Waals surface area (Å²) in [6, 6.07) is 5.26. The molecule has 0 spiro atoms. The van der Waals surface area contributed by atoms with Crippen molar-refractivity contribution >= 4 is 24.7 Å². The van der Waals surface area contributed by atoms with E-state index in [4.69, 9.17) is 9.39 Å². The van der Waals surface area contributed by atoms with Crippen LogP contribution in [0, 0.1) is 0 Å². The smallest absolute Gasteiger partial charge is 0.524 e. The fourth-order valence-corrected chi connectivity index (χ4v) is 1.19. The monoisotopic (exact) mass is 177 g/mol. The Bertz CT molecular complexity index is 353. The summed E-state index contributed by atoms with van der Waals surface area (Å²) >= 11 is 0. The van der Waals surface area contributed by atoms with Crippen molar-refractivity contribution < 1.29 is 14.4 Å². The van der Waals surface area contributed by atoms with E-state index < -0.39 is 7.12 Å². The highest BCUT2D eigenvalue weighted by Crippen LogP contribution is 2.18. The standard InChI is InChI=1S/C8H8BNO3/c1-12-6-2-3-8-7(4-6)9(11)13-5-10-8/h2-5,11H,1H3. The molecule has 1 heterocycles. The minimum atomic E-state index is -0.942. The zero-order valence-electron chi connectivity index (χ0n) is 7.10. The van der Waals surface area contributed by atoms with Crippen LogP contribution in [-0.4, -0.2) is 25.7 Å². The summed E-state index contributed by atoms with van der Waals surface area (Å²) in [6.45, 7) is 0. The van der Waals surface area contributed by atoms with Crippen LogP contribution in [0.3, 0.4) is 0 Å². The van der Waals surface area contributed by atoms with Crippen molar-refractivity contribution in [3.8, 4) is 5.75 Å². The molecule has 4 nitrogen and oxygen atoms in total. The Kier molecular flexibility index (Phi) is 1.94. The topological polar surface area (TPSA) is 51.0 Å². The summed E-state index contributed by atoms with van der Waals surface area (Å²) < 4.78 is 9.82. The van der Waals surface area contributed by atoms with Crippen LogP contribution < -0.4 is 10.2 Å². The molecular formula is C8H8BNO3. The number of rotatable bonds is 1. The number of nitrogens with zero attached hydrogens (tertiary/aromatic N) is 1. The lowest BCUT2D eigenvalue weighted by Crippen LogP contribution is -2.35. The highest BCUT2D eigenvalue weighted by Gasteiger charge is 2.24. The molecule has 5 heteroatoms. The van der Waals surface area contributed by atoms with Gasteiger partial charge in [-0.05, 0) is 18.2 Å². The quantitative estimate of drug-likeness (QED) is 0.617. The minimum Gasteiger partial charge on any atom is -0.524 e. The van der Waals surface area contributed by atoms with Crippen molar-refractivity contribution in [1.82, 2.24) is 0 Å². The van der Waals surface area contributed by atoms with Crippen molar-refractivity contribution in [2.75, 3.05) is 7.11 Å². The largest absolute Gasteiger partial charge is 0.563 e. The Hall–Kier alpha value is -1.49. The van der Waals surface area contributed by atoms with Crippen LogP contribution in [0.5, 0.6) is 5.75 Å². The fraction of sp³-hybridized carbons (Fsp3) is 0.125. The molecule has 0 aromatic heterocycles. The van der Waals surface area contributed by atoms with E-state index in [1.165, 1.54) is 6.40 Å². The van der Waals surface area contributed by atoms with Crippen LogP contribution in [0.15, 0.2) is 23.2 Å². The van der Waals surface area contributed by atoms with E-state index in [9.17, 15) is 5.02 Å².